The van der Waals surface area contributed by atoms with E-state index in [-0.39, 0.29) is 17.4 Å². The number of rotatable bonds is 3. The number of amides is 1. The Bertz CT molecular complexity index is 882. The van der Waals surface area contributed by atoms with Crippen molar-refractivity contribution in [1.29, 1.82) is 0 Å². The number of hydrogen-bond acceptors (Lipinski definition) is 3. The lowest BCUT2D eigenvalue weighted by Gasteiger charge is -2.53. The molecule has 1 N–H and O–H groups in total. The lowest BCUT2D eigenvalue weighted by Crippen LogP contribution is -2.62. The Morgan fingerprint density at radius 2 is 2.04 bits per heavy atom. The van der Waals surface area contributed by atoms with Crippen LogP contribution in [0.3, 0.4) is 0 Å². The first kappa shape index (κ1) is 17.9. The topological polar surface area (TPSA) is 45.2 Å². The molecular weight excluding hydrogens is 346 g/mol. The van der Waals surface area contributed by atoms with Crippen LogP contribution >= 0.6 is 0 Å². The molecule has 1 amide bonds. The molecule has 4 heteroatoms. The fraction of sp³-hybridized carbons (Fsp3) is 0.500. The minimum Gasteiger partial charge on any atom is -0.329 e. The molecule has 1 aliphatic carbocycles. The van der Waals surface area contributed by atoms with Crippen molar-refractivity contribution in [1.82, 2.24) is 15.2 Å². The summed E-state index contributed by atoms with van der Waals surface area (Å²) in [6.07, 6.45) is 7.33. The number of nitrogens with zero attached hydrogens (tertiary/aromatic N) is 2. The molecule has 1 aromatic heterocycles. The Balaban J connectivity index is 1.57. The number of nitrogens with one attached hydrogen (secondary N) is 1. The average Bonchev–Trinajstić information content (AvgIpc) is 3.05. The molecule has 28 heavy (non-hydrogen) atoms. The number of pyridine rings is 1. The molecule has 5 atom stereocenters. The first-order valence-corrected chi connectivity index (χ1v) is 10.6. The van der Waals surface area contributed by atoms with Crippen molar-refractivity contribution < 1.29 is 4.79 Å². The van der Waals surface area contributed by atoms with Crippen molar-refractivity contribution in [2.75, 3.05) is 0 Å². The van der Waals surface area contributed by atoms with Gasteiger partial charge >= 0.3 is 0 Å². The third kappa shape index (κ3) is 2.69. The molecule has 3 fully saturated rings. The number of likely N-dealkylation sites (tertiary alicyclic amines) is 1. The molecule has 146 valence electrons. The predicted molar refractivity (Wildman–Crippen MR) is 110 cm³/mol. The van der Waals surface area contributed by atoms with Gasteiger partial charge < -0.3 is 10.2 Å². The van der Waals surface area contributed by atoms with Crippen LogP contribution in [0.2, 0.25) is 0 Å². The second kappa shape index (κ2) is 6.70. The molecule has 1 aromatic carbocycles. The highest BCUT2D eigenvalue weighted by molar-refractivity contribution is 5.94. The molecule has 2 saturated heterocycles. The molecule has 3 heterocycles. The van der Waals surface area contributed by atoms with E-state index in [2.05, 4.69) is 52.5 Å². The van der Waals surface area contributed by atoms with Crippen LogP contribution in [0.15, 0.2) is 48.7 Å². The van der Waals surface area contributed by atoms with E-state index >= 15 is 0 Å². The molecular formula is C24H29N3O. The van der Waals surface area contributed by atoms with E-state index in [4.69, 9.17) is 0 Å². The zero-order valence-electron chi connectivity index (χ0n) is 16.8. The summed E-state index contributed by atoms with van der Waals surface area (Å²) in [5, 5.41) is 3.93. The van der Waals surface area contributed by atoms with Gasteiger partial charge in [-0.25, -0.2) is 0 Å². The van der Waals surface area contributed by atoms with Gasteiger partial charge in [0.15, 0.2) is 0 Å². The van der Waals surface area contributed by atoms with Crippen LogP contribution in [0.4, 0.5) is 0 Å². The standard InChI is InChI=1S/C24H29N3O/c1-16-8-7-13-25-22(16)23(28)27-19(14-17-9-4-3-5-10-17)18-15-24(2)20(26-18)11-6-12-21(24)27/h3-5,7-10,13,18-21,26H,6,11-12,14-15H2,1-2H3/t18-,19+,20-,21+,24-/m0/s1. The van der Waals surface area contributed by atoms with Crippen LogP contribution in [0.1, 0.15) is 54.2 Å². The third-order valence-electron chi connectivity index (χ3n) is 7.49. The van der Waals surface area contributed by atoms with Crippen molar-refractivity contribution >= 4 is 5.91 Å². The second-order valence-corrected chi connectivity index (χ2v) is 9.12. The highest BCUT2D eigenvalue weighted by atomic mass is 16.2. The Hall–Kier alpha value is -2.20. The van der Waals surface area contributed by atoms with Crippen LogP contribution in [0.5, 0.6) is 0 Å². The van der Waals surface area contributed by atoms with Crippen molar-refractivity contribution in [3.05, 3.63) is 65.5 Å². The van der Waals surface area contributed by atoms with Crippen LogP contribution in [-0.4, -0.2) is 40.0 Å². The normalized spacial score (nSPS) is 33.7. The van der Waals surface area contributed by atoms with Crippen molar-refractivity contribution in [2.45, 2.75) is 70.1 Å². The number of carbonyl (C=O) groups excluding carboxylic acids is 1. The Kier molecular flexibility index (Phi) is 4.27. The van der Waals surface area contributed by atoms with E-state index in [0.29, 0.717) is 23.8 Å². The molecule has 0 spiro atoms. The molecule has 2 bridgehead atoms. The van der Waals surface area contributed by atoms with Crippen LogP contribution in [0, 0.1) is 12.3 Å². The summed E-state index contributed by atoms with van der Waals surface area (Å²) in [4.78, 5) is 20.5. The lowest BCUT2D eigenvalue weighted by molar-refractivity contribution is -0.0115. The molecule has 1 saturated carbocycles. The number of hydrogen-bond donors (Lipinski definition) is 1. The lowest BCUT2D eigenvalue weighted by atomic mass is 9.64. The Morgan fingerprint density at radius 3 is 2.82 bits per heavy atom. The fourth-order valence-corrected chi connectivity index (χ4v) is 6.10. The van der Waals surface area contributed by atoms with Crippen molar-refractivity contribution in [2.24, 2.45) is 5.41 Å². The summed E-state index contributed by atoms with van der Waals surface area (Å²) in [5.41, 5.74) is 3.06. The first-order valence-electron chi connectivity index (χ1n) is 10.6. The van der Waals surface area contributed by atoms with Gasteiger partial charge in [0.25, 0.3) is 5.91 Å². The molecule has 4 nitrogen and oxygen atoms in total. The first-order chi connectivity index (χ1) is 13.6. The summed E-state index contributed by atoms with van der Waals surface area (Å²) >= 11 is 0. The zero-order valence-corrected chi connectivity index (χ0v) is 16.8. The number of aromatic nitrogens is 1. The van der Waals surface area contributed by atoms with Gasteiger partial charge in [-0.3, -0.25) is 9.78 Å². The van der Waals surface area contributed by atoms with Crippen molar-refractivity contribution in [3.63, 3.8) is 0 Å². The summed E-state index contributed by atoms with van der Waals surface area (Å²) in [6.45, 7) is 4.40. The highest BCUT2D eigenvalue weighted by Crippen LogP contribution is 2.52. The summed E-state index contributed by atoms with van der Waals surface area (Å²) in [6, 6.07) is 15.9. The zero-order chi connectivity index (χ0) is 19.3. The molecule has 0 unspecified atom stereocenters. The van der Waals surface area contributed by atoms with E-state index in [1.165, 1.54) is 24.8 Å². The predicted octanol–water partition coefficient (Wildman–Crippen LogP) is 3.75. The van der Waals surface area contributed by atoms with Gasteiger partial charge in [-0.2, -0.15) is 0 Å². The van der Waals surface area contributed by atoms with Gasteiger partial charge in [0.2, 0.25) is 0 Å². The Morgan fingerprint density at radius 1 is 1.21 bits per heavy atom. The van der Waals surface area contributed by atoms with Gasteiger partial charge in [0.1, 0.15) is 5.69 Å². The quantitative estimate of drug-likeness (QED) is 0.889. The largest absolute Gasteiger partial charge is 0.329 e. The van der Waals surface area contributed by atoms with E-state index in [1.807, 2.05) is 19.1 Å². The number of aryl methyl sites for hydroxylation is 1. The average molecular weight is 376 g/mol. The molecule has 5 rings (SSSR count). The number of benzene rings is 1. The van der Waals surface area contributed by atoms with E-state index in [0.717, 1.165) is 18.4 Å². The van der Waals surface area contributed by atoms with Gasteiger partial charge in [-0.1, -0.05) is 43.3 Å². The van der Waals surface area contributed by atoms with Crippen LogP contribution in [-0.2, 0) is 6.42 Å². The third-order valence-corrected chi connectivity index (χ3v) is 7.49. The maximum atomic E-state index is 13.8. The highest BCUT2D eigenvalue weighted by Gasteiger charge is 2.60. The smallest absolute Gasteiger partial charge is 0.273 e. The summed E-state index contributed by atoms with van der Waals surface area (Å²) in [7, 11) is 0. The number of carbonyl (C=O) groups is 1. The van der Waals surface area contributed by atoms with Crippen molar-refractivity contribution in [3.8, 4) is 0 Å². The van der Waals surface area contributed by atoms with E-state index in [1.54, 1.807) is 6.20 Å². The Labute approximate surface area is 167 Å². The fourth-order valence-electron chi connectivity index (χ4n) is 6.10. The summed E-state index contributed by atoms with van der Waals surface area (Å²) in [5.74, 6) is 0.115. The van der Waals surface area contributed by atoms with Crippen LogP contribution < -0.4 is 5.32 Å². The minimum absolute atomic E-state index is 0.115. The second-order valence-electron chi connectivity index (χ2n) is 9.12. The molecule has 3 aliphatic rings. The molecule has 0 radical (unpaired) electrons. The molecule has 2 aromatic rings. The SMILES string of the molecule is Cc1cccnc1C(=O)N1[C@H](Cc2ccccc2)[C@@H]2C[C@@]3(C)[C@H](CCC[C@@H]13)N2. The van der Waals surface area contributed by atoms with E-state index in [9.17, 15) is 4.79 Å². The maximum Gasteiger partial charge on any atom is 0.273 e. The van der Waals surface area contributed by atoms with Crippen LogP contribution in [0.25, 0.3) is 0 Å². The van der Waals surface area contributed by atoms with E-state index < -0.39 is 0 Å². The minimum atomic E-state index is 0.115. The maximum absolute atomic E-state index is 13.8. The molecule has 2 aliphatic heterocycles. The number of piperidine rings is 1. The van der Waals surface area contributed by atoms with Gasteiger partial charge in [0.05, 0.1) is 6.04 Å². The number of fused-ring (bicyclic) bond motifs is 1. The monoisotopic (exact) mass is 375 g/mol. The van der Waals surface area contributed by atoms with Gasteiger partial charge in [0, 0.05) is 29.7 Å². The van der Waals surface area contributed by atoms with Gasteiger partial charge in [-0.15, -0.1) is 0 Å². The van der Waals surface area contributed by atoms with Gasteiger partial charge in [-0.05, 0) is 56.2 Å². The summed E-state index contributed by atoms with van der Waals surface area (Å²) < 4.78 is 0.